The standard InChI is InChI=1S/C31H31N3O4S/c1-3-38-30(35)21-10-14-22(15-11-21)32-31(36)34-19-25-24-7-4-5-9-27(24)39-29(25)33-18-6-8-26(33)28(34)20-12-16-23(37-2)17-13-20/h6,8,10-18,28H,3-5,7,9,19H2,1-2H3,(H,32,36)/t28-/m1/s1. The van der Waals surface area contributed by atoms with Gasteiger partial charge in [-0.05, 0) is 92.3 Å². The summed E-state index contributed by atoms with van der Waals surface area (Å²) >= 11 is 1.87. The molecule has 39 heavy (non-hydrogen) atoms. The second-order valence-corrected chi connectivity index (χ2v) is 10.9. The van der Waals surface area contributed by atoms with Gasteiger partial charge in [-0.25, -0.2) is 9.59 Å². The van der Waals surface area contributed by atoms with Crippen molar-refractivity contribution >= 4 is 29.0 Å². The number of amides is 2. The molecule has 1 aliphatic carbocycles. The lowest BCUT2D eigenvalue weighted by Crippen LogP contribution is -2.38. The van der Waals surface area contributed by atoms with E-state index in [-0.39, 0.29) is 18.0 Å². The first-order valence-electron chi connectivity index (χ1n) is 13.4. The van der Waals surface area contributed by atoms with E-state index in [9.17, 15) is 9.59 Å². The number of ether oxygens (including phenoxy) is 2. The highest BCUT2D eigenvalue weighted by Crippen LogP contribution is 2.44. The van der Waals surface area contributed by atoms with Crippen molar-refractivity contribution in [3.05, 3.63) is 99.7 Å². The Morgan fingerprint density at radius 1 is 1.00 bits per heavy atom. The predicted octanol–water partition coefficient (Wildman–Crippen LogP) is 6.74. The molecule has 2 aliphatic rings. The SMILES string of the molecule is CCOC(=O)c1ccc(NC(=O)N2Cc3c(sc4c3CCCC4)-n3cccc3[C@H]2c2ccc(OC)cc2)cc1. The highest BCUT2D eigenvalue weighted by Gasteiger charge is 2.36. The minimum atomic E-state index is -0.377. The lowest BCUT2D eigenvalue weighted by atomic mass is 9.95. The minimum absolute atomic E-state index is 0.198. The van der Waals surface area contributed by atoms with E-state index in [2.05, 4.69) is 28.2 Å². The highest BCUT2D eigenvalue weighted by molar-refractivity contribution is 7.15. The summed E-state index contributed by atoms with van der Waals surface area (Å²) in [6.45, 7) is 2.60. The van der Waals surface area contributed by atoms with E-state index >= 15 is 0 Å². The molecule has 8 heteroatoms. The average Bonchev–Trinajstić information content (AvgIpc) is 3.55. The molecule has 0 unspecified atom stereocenters. The summed E-state index contributed by atoms with van der Waals surface area (Å²) in [7, 11) is 1.65. The smallest absolute Gasteiger partial charge is 0.338 e. The average molecular weight is 542 g/mol. The van der Waals surface area contributed by atoms with Crippen molar-refractivity contribution in [2.45, 2.75) is 45.2 Å². The number of nitrogens with zero attached hydrogens (tertiary/aromatic N) is 2. The number of urea groups is 1. The Hall–Kier alpha value is -4.04. The molecule has 2 aromatic heterocycles. The van der Waals surface area contributed by atoms with Gasteiger partial charge in [-0.2, -0.15) is 0 Å². The normalized spacial score (nSPS) is 15.9. The van der Waals surface area contributed by atoms with Crippen LogP contribution in [-0.4, -0.2) is 35.2 Å². The van der Waals surface area contributed by atoms with Crippen LogP contribution in [0.2, 0.25) is 0 Å². The summed E-state index contributed by atoms with van der Waals surface area (Å²) in [6, 6.07) is 18.4. The van der Waals surface area contributed by atoms with Crippen LogP contribution in [-0.2, 0) is 24.1 Å². The number of hydrogen-bond donors (Lipinski definition) is 1. The quantitative estimate of drug-likeness (QED) is 0.284. The third-order valence-corrected chi connectivity index (χ3v) is 8.85. The van der Waals surface area contributed by atoms with Gasteiger partial charge in [0.1, 0.15) is 10.8 Å². The van der Waals surface area contributed by atoms with E-state index in [1.807, 2.05) is 40.5 Å². The zero-order valence-electron chi connectivity index (χ0n) is 22.1. The number of thiophene rings is 1. The summed E-state index contributed by atoms with van der Waals surface area (Å²) < 4.78 is 12.8. The molecule has 200 valence electrons. The molecule has 2 aromatic carbocycles. The van der Waals surface area contributed by atoms with Gasteiger partial charge in [0.25, 0.3) is 0 Å². The number of carbonyl (C=O) groups excluding carboxylic acids is 2. The Labute approximate surface area is 232 Å². The number of carbonyl (C=O) groups is 2. The van der Waals surface area contributed by atoms with E-state index in [0.717, 1.165) is 29.8 Å². The van der Waals surface area contributed by atoms with Gasteiger partial charge in [-0.3, -0.25) is 0 Å². The number of hydrogen-bond acceptors (Lipinski definition) is 5. The zero-order valence-corrected chi connectivity index (χ0v) is 22.9. The number of aromatic nitrogens is 1. The molecule has 0 saturated heterocycles. The van der Waals surface area contributed by atoms with Crippen LogP contribution in [0.3, 0.4) is 0 Å². The largest absolute Gasteiger partial charge is 0.497 e. The van der Waals surface area contributed by atoms with E-state index in [1.54, 1.807) is 38.3 Å². The molecule has 7 nitrogen and oxygen atoms in total. The van der Waals surface area contributed by atoms with Crippen molar-refractivity contribution in [2.24, 2.45) is 0 Å². The van der Waals surface area contributed by atoms with Crippen LogP contribution in [0.25, 0.3) is 5.00 Å². The maximum absolute atomic E-state index is 14.1. The second kappa shape index (κ2) is 10.6. The second-order valence-electron chi connectivity index (χ2n) is 9.83. The zero-order chi connectivity index (χ0) is 26.9. The predicted molar refractivity (Wildman–Crippen MR) is 152 cm³/mol. The molecule has 0 spiro atoms. The van der Waals surface area contributed by atoms with Crippen LogP contribution < -0.4 is 10.1 Å². The Morgan fingerprint density at radius 3 is 2.51 bits per heavy atom. The van der Waals surface area contributed by atoms with E-state index < -0.39 is 0 Å². The number of rotatable bonds is 5. The number of aryl methyl sites for hydroxylation is 1. The van der Waals surface area contributed by atoms with Crippen LogP contribution in [0.5, 0.6) is 5.75 Å². The number of anilines is 1. The molecule has 1 aliphatic heterocycles. The van der Waals surface area contributed by atoms with Crippen LogP contribution in [0.1, 0.15) is 63.4 Å². The van der Waals surface area contributed by atoms with Crippen molar-refractivity contribution in [1.29, 1.82) is 0 Å². The number of fused-ring (bicyclic) bond motifs is 5. The number of nitrogens with one attached hydrogen (secondary N) is 1. The third kappa shape index (κ3) is 4.69. The molecular formula is C31H31N3O4S. The molecule has 1 atom stereocenters. The molecular weight excluding hydrogens is 510 g/mol. The fraction of sp³-hybridized carbons (Fsp3) is 0.290. The van der Waals surface area contributed by atoms with Gasteiger partial charge in [0.2, 0.25) is 0 Å². The molecule has 0 radical (unpaired) electrons. The molecule has 0 fully saturated rings. The van der Waals surface area contributed by atoms with Crippen molar-refractivity contribution < 1.29 is 19.1 Å². The summed E-state index contributed by atoms with van der Waals surface area (Å²) in [4.78, 5) is 29.5. The Bertz CT molecular complexity index is 1500. The molecule has 0 bridgehead atoms. The van der Waals surface area contributed by atoms with Crippen molar-refractivity contribution in [3.63, 3.8) is 0 Å². The van der Waals surface area contributed by atoms with Gasteiger partial charge in [0.05, 0.1) is 37.6 Å². The lowest BCUT2D eigenvalue weighted by Gasteiger charge is -2.31. The van der Waals surface area contributed by atoms with Crippen molar-refractivity contribution in [2.75, 3.05) is 19.0 Å². The minimum Gasteiger partial charge on any atom is -0.497 e. The van der Waals surface area contributed by atoms with E-state index in [4.69, 9.17) is 9.47 Å². The summed E-state index contributed by atoms with van der Waals surface area (Å²) in [5, 5.41) is 4.31. The van der Waals surface area contributed by atoms with Gasteiger partial charge >= 0.3 is 12.0 Å². The monoisotopic (exact) mass is 541 g/mol. The van der Waals surface area contributed by atoms with Crippen molar-refractivity contribution in [1.82, 2.24) is 9.47 Å². The van der Waals surface area contributed by atoms with Crippen molar-refractivity contribution in [3.8, 4) is 10.8 Å². The number of esters is 1. The van der Waals surface area contributed by atoms with Crippen LogP contribution in [0, 0.1) is 0 Å². The Morgan fingerprint density at radius 2 is 1.77 bits per heavy atom. The summed E-state index contributed by atoms with van der Waals surface area (Å²) in [5.74, 6) is 0.395. The molecule has 4 aromatic rings. The lowest BCUT2D eigenvalue weighted by molar-refractivity contribution is 0.0526. The molecule has 0 saturated carbocycles. The van der Waals surface area contributed by atoms with Gasteiger partial charge in [-0.15, -0.1) is 11.3 Å². The van der Waals surface area contributed by atoms with Gasteiger partial charge < -0.3 is 24.3 Å². The number of methoxy groups -OCH3 is 1. The first-order valence-corrected chi connectivity index (χ1v) is 14.2. The summed E-state index contributed by atoms with van der Waals surface area (Å²) in [6.07, 6.45) is 6.66. The molecule has 1 N–H and O–H groups in total. The fourth-order valence-corrected chi connectivity index (χ4v) is 7.03. The van der Waals surface area contributed by atoms with Crippen LogP contribution >= 0.6 is 11.3 Å². The first kappa shape index (κ1) is 25.2. The topological polar surface area (TPSA) is 72.8 Å². The number of benzene rings is 2. The third-order valence-electron chi connectivity index (χ3n) is 7.52. The Kier molecular flexibility index (Phi) is 6.87. The molecule has 6 rings (SSSR count). The van der Waals surface area contributed by atoms with Gasteiger partial charge in [-0.1, -0.05) is 12.1 Å². The fourth-order valence-electron chi connectivity index (χ4n) is 5.62. The van der Waals surface area contributed by atoms with Gasteiger partial charge in [0.15, 0.2) is 0 Å². The van der Waals surface area contributed by atoms with E-state index in [1.165, 1.54) is 33.8 Å². The van der Waals surface area contributed by atoms with E-state index in [0.29, 0.717) is 24.4 Å². The molecule has 3 heterocycles. The van der Waals surface area contributed by atoms with Gasteiger partial charge in [0, 0.05) is 22.3 Å². The molecule has 2 amide bonds. The Balaban J connectivity index is 1.40. The highest BCUT2D eigenvalue weighted by atomic mass is 32.1. The summed E-state index contributed by atoms with van der Waals surface area (Å²) in [5.41, 5.74) is 5.78. The maximum Gasteiger partial charge on any atom is 0.338 e. The van der Waals surface area contributed by atoms with Crippen LogP contribution in [0.4, 0.5) is 10.5 Å². The first-order chi connectivity index (χ1) is 19.1. The maximum atomic E-state index is 14.1. The van der Waals surface area contributed by atoms with Crippen LogP contribution in [0.15, 0.2) is 66.9 Å².